The van der Waals surface area contributed by atoms with Crippen LogP contribution in [0.15, 0.2) is 30.3 Å². The van der Waals surface area contributed by atoms with Gasteiger partial charge in [0.25, 0.3) is 0 Å². The predicted molar refractivity (Wildman–Crippen MR) is 77.8 cm³/mol. The summed E-state index contributed by atoms with van der Waals surface area (Å²) in [6.07, 6.45) is -0.619. The van der Waals surface area contributed by atoms with Gasteiger partial charge in [0, 0.05) is 13.1 Å². The predicted octanol–water partition coefficient (Wildman–Crippen LogP) is 0.466. The van der Waals surface area contributed by atoms with Gasteiger partial charge in [0.05, 0.1) is 7.11 Å². The van der Waals surface area contributed by atoms with Gasteiger partial charge in [-0.05, 0) is 5.56 Å². The molecule has 0 radical (unpaired) electrons. The maximum absolute atomic E-state index is 11.5. The number of urea groups is 1. The molecule has 8 nitrogen and oxygen atoms in total. The topological polar surface area (TPSA) is 111 Å². The number of hydrogen-bond donors (Lipinski definition) is 2. The average molecular weight is 309 g/mol. The number of nitrogens with two attached hydrogens (primary N) is 1. The van der Waals surface area contributed by atoms with Crippen LogP contribution in [-0.4, -0.2) is 49.7 Å². The quantitative estimate of drug-likeness (QED) is 0.711. The van der Waals surface area contributed by atoms with Gasteiger partial charge in [0.1, 0.15) is 13.2 Å². The van der Waals surface area contributed by atoms with E-state index in [1.54, 1.807) is 0 Å². The van der Waals surface area contributed by atoms with Gasteiger partial charge in [-0.3, -0.25) is 4.79 Å². The SMILES string of the molecule is COC(=O)CN(CCNC(=O)OCc1ccccc1)C(N)=O. The first-order chi connectivity index (χ1) is 10.5. The zero-order chi connectivity index (χ0) is 16.4. The molecule has 0 aliphatic carbocycles. The normalized spacial score (nSPS) is 9.68. The number of alkyl carbamates (subject to hydrolysis) is 1. The van der Waals surface area contributed by atoms with Crippen molar-refractivity contribution in [2.45, 2.75) is 6.61 Å². The van der Waals surface area contributed by atoms with Crippen LogP contribution in [0.2, 0.25) is 0 Å². The van der Waals surface area contributed by atoms with E-state index < -0.39 is 18.1 Å². The molecule has 1 rings (SSSR count). The standard InChI is InChI=1S/C14H19N3O5/c1-21-12(18)9-17(13(15)19)8-7-16-14(20)22-10-11-5-3-2-4-6-11/h2-6H,7-10H2,1H3,(H2,15,19)(H,16,20). The second-order valence-corrected chi connectivity index (χ2v) is 4.32. The Bertz CT molecular complexity index is 506. The minimum absolute atomic E-state index is 0.0743. The molecule has 0 saturated carbocycles. The van der Waals surface area contributed by atoms with Gasteiger partial charge in [0.15, 0.2) is 0 Å². The molecule has 120 valence electrons. The summed E-state index contributed by atoms with van der Waals surface area (Å²) in [5.74, 6) is -0.592. The molecule has 0 spiro atoms. The molecule has 0 heterocycles. The summed E-state index contributed by atoms with van der Waals surface area (Å²) in [7, 11) is 1.21. The third-order valence-corrected chi connectivity index (χ3v) is 2.72. The van der Waals surface area contributed by atoms with E-state index in [2.05, 4.69) is 10.1 Å². The van der Waals surface area contributed by atoms with Gasteiger partial charge in [-0.15, -0.1) is 0 Å². The summed E-state index contributed by atoms with van der Waals surface area (Å²) in [5.41, 5.74) is 5.99. The summed E-state index contributed by atoms with van der Waals surface area (Å²) in [6.45, 7) is 0.0549. The Labute approximate surface area is 128 Å². The summed E-state index contributed by atoms with van der Waals surface area (Å²) in [6, 6.07) is 8.44. The maximum Gasteiger partial charge on any atom is 0.407 e. The molecule has 3 amide bonds. The zero-order valence-electron chi connectivity index (χ0n) is 12.3. The van der Waals surface area contributed by atoms with E-state index in [1.807, 2.05) is 30.3 Å². The Hall–Kier alpha value is -2.77. The molecule has 3 N–H and O–H groups in total. The van der Waals surface area contributed by atoms with E-state index in [0.717, 1.165) is 10.5 Å². The molecule has 1 aromatic rings. The van der Waals surface area contributed by atoms with Crippen LogP contribution < -0.4 is 11.1 Å². The lowest BCUT2D eigenvalue weighted by atomic mass is 10.2. The highest BCUT2D eigenvalue weighted by molar-refractivity contribution is 5.79. The fourth-order valence-corrected chi connectivity index (χ4v) is 1.55. The molecule has 0 fully saturated rings. The Morgan fingerprint density at radius 3 is 2.50 bits per heavy atom. The van der Waals surface area contributed by atoms with Crippen LogP contribution in [0, 0.1) is 0 Å². The largest absolute Gasteiger partial charge is 0.468 e. The van der Waals surface area contributed by atoms with Gasteiger partial charge < -0.3 is 25.4 Å². The van der Waals surface area contributed by atoms with Crippen LogP contribution in [-0.2, 0) is 20.9 Å². The van der Waals surface area contributed by atoms with E-state index in [9.17, 15) is 14.4 Å². The Morgan fingerprint density at radius 2 is 1.91 bits per heavy atom. The average Bonchev–Trinajstić information content (AvgIpc) is 2.52. The number of rotatable bonds is 7. The van der Waals surface area contributed by atoms with Crippen molar-refractivity contribution < 1.29 is 23.9 Å². The zero-order valence-corrected chi connectivity index (χ0v) is 12.3. The van der Waals surface area contributed by atoms with Gasteiger partial charge >= 0.3 is 18.1 Å². The van der Waals surface area contributed by atoms with Crippen LogP contribution in [0.1, 0.15) is 5.56 Å². The van der Waals surface area contributed by atoms with Crippen LogP contribution >= 0.6 is 0 Å². The number of primary amides is 1. The number of carbonyl (C=O) groups is 3. The number of amides is 3. The van der Waals surface area contributed by atoms with E-state index in [-0.39, 0.29) is 26.2 Å². The molecule has 0 bridgehead atoms. The van der Waals surface area contributed by atoms with Crippen LogP contribution in [0.4, 0.5) is 9.59 Å². The third kappa shape index (κ3) is 6.60. The molecule has 1 aromatic carbocycles. The summed E-state index contributed by atoms with van der Waals surface area (Å²) >= 11 is 0. The first-order valence-electron chi connectivity index (χ1n) is 6.58. The van der Waals surface area contributed by atoms with Crippen molar-refractivity contribution >= 4 is 18.1 Å². The first kappa shape index (κ1) is 17.3. The number of nitrogens with zero attached hydrogens (tertiary/aromatic N) is 1. The monoisotopic (exact) mass is 309 g/mol. The lowest BCUT2D eigenvalue weighted by Gasteiger charge is -2.18. The van der Waals surface area contributed by atoms with E-state index in [1.165, 1.54) is 7.11 Å². The molecule has 0 saturated heterocycles. The van der Waals surface area contributed by atoms with Crippen molar-refractivity contribution in [2.75, 3.05) is 26.7 Å². The number of hydrogen-bond acceptors (Lipinski definition) is 5. The number of benzene rings is 1. The third-order valence-electron chi connectivity index (χ3n) is 2.72. The Balaban J connectivity index is 2.27. The number of esters is 1. The van der Waals surface area contributed by atoms with Gasteiger partial charge in [-0.1, -0.05) is 30.3 Å². The molecule has 0 aliphatic rings. The molecule has 8 heteroatoms. The molecule has 22 heavy (non-hydrogen) atoms. The fourth-order valence-electron chi connectivity index (χ4n) is 1.55. The van der Waals surface area contributed by atoms with Crippen LogP contribution in [0.5, 0.6) is 0 Å². The van der Waals surface area contributed by atoms with Gasteiger partial charge in [0.2, 0.25) is 0 Å². The van der Waals surface area contributed by atoms with Gasteiger partial charge in [-0.25, -0.2) is 9.59 Å². The maximum atomic E-state index is 11.5. The minimum atomic E-state index is -0.773. The van der Waals surface area contributed by atoms with Crippen molar-refractivity contribution in [1.82, 2.24) is 10.2 Å². The summed E-state index contributed by atoms with van der Waals surface area (Å²) < 4.78 is 9.44. The lowest BCUT2D eigenvalue weighted by Crippen LogP contribution is -2.44. The van der Waals surface area contributed by atoms with Crippen molar-refractivity contribution in [3.05, 3.63) is 35.9 Å². The smallest absolute Gasteiger partial charge is 0.407 e. The first-order valence-corrected chi connectivity index (χ1v) is 6.58. The number of carbonyl (C=O) groups excluding carboxylic acids is 3. The van der Waals surface area contributed by atoms with E-state index >= 15 is 0 Å². The summed E-state index contributed by atoms with van der Waals surface area (Å²) in [4.78, 5) is 34.8. The number of methoxy groups -OCH3 is 1. The van der Waals surface area contributed by atoms with Crippen LogP contribution in [0.3, 0.4) is 0 Å². The highest BCUT2D eigenvalue weighted by Crippen LogP contribution is 2.00. The van der Waals surface area contributed by atoms with E-state index in [4.69, 9.17) is 10.5 Å². The van der Waals surface area contributed by atoms with Crippen molar-refractivity contribution in [3.8, 4) is 0 Å². The van der Waals surface area contributed by atoms with E-state index in [0.29, 0.717) is 0 Å². The highest BCUT2D eigenvalue weighted by atomic mass is 16.5. The van der Waals surface area contributed by atoms with Gasteiger partial charge in [-0.2, -0.15) is 0 Å². The van der Waals surface area contributed by atoms with Crippen molar-refractivity contribution in [2.24, 2.45) is 5.73 Å². The lowest BCUT2D eigenvalue weighted by molar-refractivity contribution is -0.141. The second-order valence-electron chi connectivity index (χ2n) is 4.32. The Kier molecular flexibility index (Phi) is 7.24. The minimum Gasteiger partial charge on any atom is -0.468 e. The fraction of sp³-hybridized carbons (Fsp3) is 0.357. The Morgan fingerprint density at radius 1 is 1.23 bits per heavy atom. The van der Waals surface area contributed by atoms with Crippen molar-refractivity contribution in [1.29, 1.82) is 0 Å². The molecule has 0 aromatic heterocycles. The molecular weight excluding hydrogens is 290 g/mol. The molecular formula is C14H19N3O5. The highest BCUT2D eigenvalue weighted by Gasteiger charge is 2.14. The summed E-state index contributed by atoms with van der Waals surface area (Å²) in [5, 5.41) is 2.47. The van der Waals surface area contributed by atoms with Crippen LogP contribution in [0.25, 0.3) is 0 Å². The molecule has 0 unspecified atom stereocenters. The molecule has 0 aliphatic heterocycles. The second kappa shape index (κ2) is 9.22. The van der Waals surface area contributed by atoms with Crippen molar-refractivity contribution in [3.63, 3.8) is 0 Å². The number of nitrogens with one attached hydrogen (secondary N) is 1. The number of ether oxygens (including phenoxy) is 2. The molecule has 0 atom stereocenters.